The average Bonchev–Trinajstić information content (AvgIpc) is 2.60. The van der Waals surface area contributed by atoms with Crippen LogP contribution in [-0.2, 0) is 14.8 Å². The van der Waals surface area contributed by atoms with Crippen molar-refractivity contribution in [1.82, 2.24) is 4.72 Å². The molecular weight excluding hydrogens is 385 g/mol. The minimum absolute atomic E-state index is 0.00413. The lowest BCUT2D eigenvalue weighted by Gasteiger charge is -2.20. The molecule has 28 heavy (non-hydrogen) atoms. The van der Waals surface area contributed by atoms with Crippen LogP contribution in [0.5, 0.6) is 0 Å². The summed E-state index contributed by atoms with van der Waals surface area (Å²) in [5, 5.41) is 0. The van der Waals surface area contributed by atoms with Gasteiger partial charge in [-0.25, -0.2) is 22.3 Å². The summed E-state index contributed by atoms with van der Waals surface area (Å²) in [6, 6.07) is 10.2. The van der Waals surface area contributed by atoms with Crippen LogP contribution in [0.3, 0.4) is 0 Å². The van der Waals surface area contributed by atoms with E-state index in [4.69, 9.17) is 4.74 Å². The molecule has 8 heteroatoms. The number of sulfonamides is 1. The molecular formula is C20H22FNO5S. The van der Waals surface area contributed by atoms with Crippen molar-refractivity contribution >= 4 is 21.8 Å². The number of benzene rings is 2. The van der Waals surface area contributed by atoms with Crippen LogP contribution in [-0.4, -0.2) is 31.8 Å². The molecule has 0 heterocycles. The van der Waals surface area contributed by atoms with Crippen molar-refractivity contribution < 1.29 is 27.1 Å². The number of ketones is 1. The van der Waals surface area contributed by atoms with Crippen molar-refractivity contribution in [1.29, 1.82) is 0 Å². The van der Waals surface area contributed by atoms with Gasteiger partial charge < -0.3 is 4.74 Å². The van der Waals surface area contributed by atoms with Crippen LogP contribution in [0, 0.1) is 5.82 Å². The standard InChI is InChI=1S/C20H22FNO5S/c1-13(18(23)14-8-10-16(21)11-9-14)27-19(24)15-6-5-7-17(12-15)28(25,26)22-20(2,3)4/h5-13,22H,1-4H3/t13-/m0/s1. The molecule has 0 aliphatic carbocycles. The summed E-state index contributed by atoms with van der Waals surface area (Å²) in [5.41, 5.74) is -0.492. The summed E-state index contributed by atoms with van der Waals surface area (Å²) in [4.78, 5) is 24.6. The Hall–Kier alpha value is -2.58. The molecule has 0 saturated heterocycles. The third-order valence-corrected chi connectivity index (χ3v) is 5.36. The topological polar surface area (TPSA) is 89.5 Å². The molecule has 1 N–H and O–H groups in total. The summed E-state index contributed by atoms with van der Waals surface area (Å²) in [5.74, 6) is -1.81. The molecule has 2 aromatic rings. The average molecular weight is 407 g/mol. The smallest absolute Gasteiger partial charge is 0.338 e. The molecule has 0 bridgehead atoms. The van der Waals surface area contributed by atoms with Gasteiger partial charge in [-0.2, -0.15) is 0 Å². The Bertz CT molecular complexity index is 978. The molecule has 6 nitrogen and oxygen atoms in total. The van der Waals surface area contributed by atoms with Crippen LogP contribution in [0.25, 0.3) is 0 Å². The number of carbonyl (C=O) groups excluding carboxylic acids is 2. The number of hydrogen-bond acceptors (Lipinski definition) is 5. The summed E-state index contributed by atoms with van der Waals surface area (Å²) < 4.78 is 45.5. The van der Waals surface area contributed by atoms with Crippen molar-refractivity contribution in [2.75, 3.05) is 0 Å². The van der Waals surface area contributed by atoms with Gasteiger partial charge in [-0.05, 0) is 70.2 Å². The molecule has 150 valence electrons. The SMILES string of the molecule is C[C@H](OC(=O)c1cccc(S(=O)(=O)NC(C)(C)C)c1)C(=O)c1ccc(F)cc1. The first-order valence-corrected chi connectivity index (χ1v) is 10.0. The third kappa shape index (κ3) is 5.71. The maximum absolute atomic E-state index is 13.0. The number of rotatable bonds is 6. The fourth-order valence-electron chi connectivity index (χ4n) is 2.38. The predicted molar refractivity (Wildman–Crippen MR) is 102 cm³/mol. The van der Waals surface area contributed by atoms with E-state index in [1.54, 1.807) is 20.8 Å². The number of hydrogen-bond donors (Lipinski definition) is 1. The first-order chi connectivity index (χ1) is 12.9. The molecule has 0 amide bonds. The minimum Gasteiger partial charge on any atom is -0.451 e. The second kappa shape index (κ2) is 8.20. The molecule has 0 unspecified atom stereocenters. The number of Topliss-reactive ketones (excluding diaryl/α,β-unsaturated/α-hetero) is 1. The maximum Gasteiger partial charge on any atom is 0.338 e. The van der Waals surface area contributed by atoms with Gasteiger partial charge in [0.05, 0.1) is 10.5 Å². The Labute approximate surface area is 163 Å². The van der Waals surface area contributed by atoms with E-state index in [0.717, 1.165) is 12.1 Å². The van der Waals surface area contributed by atoms with E-state index in [-0.39, 0.29) is 16.0 Å². The molecule has 2 rings (SSSR count). The summed E-state index contributed by atoms with van der Waals surface area (Å²) in [7, 11) is -3.83. The Morgan fingerprint density at radius 3 is 2.21 bits per heavy atom. The van der Waals surface area contributed by atoms with Gasteiger partial charge >= 0.3 is 5.97 Å². The predicted octanol–water partition coefficient (Wildman–Crippen LogP) is 3.33. The maximum atomic E-state index is 13.0. The van der Waals surface area contributed by atoms with Gasteiger partial charge in [-0.3, -0.25) is 4.79 Å². The van der Waals surface area contributed by atoms with E-state index >= 15 is 0 Å². The van der Waals surface area contributed by atoms with E-state index in [2.05, 4.69) is 4.72 Å². The van der Waals surface area contributed by atoms with Crippen molar-refractivity contribution in [3.05, 3.63) is 65.5 Å². The van der Waals surface area contributed by atoms with E-state index in [0.29, 0.717) is 0 Å². The van der Waals surface area contributed by atoms with Gasteiger partial charge in [0.1, 0.15) is 5.82 Å². The van der Waals surface area contributed by atoms with E-state index in [1.807, 2.05) is 0 Å². The highest BCUT2D eigenvalue weighted by molar-refractivity contribution is 7.89. The van der Waals surface area contributed by atoms with Crippen molar-refractivity contribution in [3.63, 3.8) is 0 Å². The van der Waals surface area contributed by atoms with Gasteiger partial charge in [-0.15, -0.1) is 0 Å². The lowest BCUT2D eigenvalue weighted by molar-refractivity contribution is 0.0318. The zero-order valence-electron chi connectivity index (χ0n) is 16.0. The molecule has 2 aromatic carbocycles. The Balaban J connectivity index is 2.16. The van der Waals surface area contributed by atoms with Crippen LogP contribution in [0.4, 0.5) is 4.39 Å². The number of halogens is 1. The van der Waals surface area contributed by atoms with Crippen LogP contribution in [0.15, 0.2) is 53.4 Å². The molecule has 0 radical (unpaired) electrons. The van der Waals surface area contributed by atoms with Crippen LogP contribution >= 0.6 is 0 Å². The summed E-state index contributed by atoms with van der Waals surface area (Å²) >= 11 is 0. The van der Waals surface area contributed by atoms with Crippen molar-refractivity contribution in [2.24, 2.45) is 0 Å². The highest BCUT2D eigenvalue weighted by Crippen LogP contribution is 2.16. The largest absolute Gasteiger partial charge is 0.451 e. The first-order valence-electron chi connectivity index (χ1n) is 8.54. The molecule has 0 fully saturated rings. The van der Waals surface area contributed by atoms with E-state index in [9.17, 15) is 22.4 Å². The van der Waals surface area contributed by atoms with E-state index in [1.165, 1.54) is 43.3 Å². The fraction of sp³-hybridized carbons (Fsp3) is 0.300. The van der Waals surface area contributed by atoms with Crippen LogP contribution < -0.4 is 4.72 Å². The lowest BCUT2D eigenvalue weighted by Crippen LogP contribution is -2.40. The monoisotopic (exact) mass is 407 g/mol. The quantitative estimate of drug-likeness (QED) is 0.586. The second-order valence-corrected chi connectivity index (χ2v) is 8.98. The molecule has 0 spiro atoms. The number of esters is 1. The first kappa shape index (κ1) is 21.7. The van der Waals surface area contributed by atoms with E-state index < -0.39 is 39.2 Å². The fourth-order valence-corrected chi connectivity index (χ4v) is 3.85. The van der Waals surface area contributed by atoms with Gasteiger partial charge in [0.15, 0.2) is 6.10 Å². The zero-order valence-corrected chi connectivity index (χ0v) is 16.8. The number of nitrogens with one attached hydrogen (secondary N) is 1. The highest BCUT2D eigenvalue weighted by atomic mass is 32.2. The molecule has 1 atom stereocenters. The molecule has 0 aromatic heterocycles. The highest BCUT2D eigenvalue weighted by Gasteiger charge is 2.24. The third-order valence-electron chi connectivity index (χ3n) is 3.60. The zero-order chi connectivity index (χ0) is 21.1. The Morgan fingerprint density at radius 2 is 1.64 bits per heavy atom. The summed E-state index contributed by atoms with van der Waals surface area (Å²) in [6.07, 6.45) is -1.12. The lowest BCUT2D eigenvalue weighted by atomic mass is 10.1. The van der Waals surface area contributed by atoms with Gasteiger partial charge in [0.25, 0.3) is 0 Å². The van der Waals surface area contributed by atoms with Crippen molar-refractivity contribution in [2.45, 2.75) is 44.2 Å². The molecule has 0 aliphatic heterocycles. The molecule has 0 aliphatic rings. The normalized spacial score (nSPS) is 13.0. The second-order valence-electron chi connectivity index (χ2n) is 7.30. The molecule has 0 saturated carbocycles. The minimum atomic E-state index is -3.83. The van der Waals surface area contributed by atoms with Crippen LogP contribution in [0.1, 0.15) is 48.4 Å². The number of carbonyl (C=O) groups is 2. The van der Waals surface area contributed by atoms with Crippen LogP contribution in [0.2, 0.25) is 0 Å². The van der Waals surface area contributed by atoms with Gasteiger partial charge in [0.2, 0.25) is 15.8 Å². The van der Waals surface area contributed by atoms with Crippen molar-refractivity contribution in [3.8, 4) is 0 Å². The Kier molecular flexibility index (Phi) is 6.36. The summed E-state index contributed by atoms with van der Waals surface area (Å²) in [6.45, 7) is 6.49. The number of ether oxygens (including phenoxy) is 1. The Morgan fingerprint density at radius 1 is 1.04 bits per heavy atom. The van der Waals surface area contributed by atoms with Gasteiger partial charge in [-0.1, -0.05) is 6.07 Å². The van der Waals surface area contributed by atoms with Gasteiger partial charge in [0, 0.05) is 11.1 Å².